The molecule has 0 radical (unpaired) electrons. The number of imide groups is 2. The number of carbonyl (C=O) groups is 4. The molecule has 0 aromatic heterocycles. The molecule has 0 spiro atoms. The summed E-state index contributed by atoms with van der Waals surface area (Å²) in [6.07, 6.45) is 0. The summed E-state index contributed by atoms with van der Waals surface area (Å²) >= 11 is 0. The van der Waals surface area contributed by atoms with E-state index in [4.69, 9.17) is 0 Å². The Morgan fingerprint density at radius 2 is 1.82 bits per heavy atom. The van der Waals surface area contributed by atoms with E-state index in [0.717, 1.165) is 0 Å². The molecular formula is C10H15N3O4. The highest BCUT2D eigenvalue weighted by atomic mass is 16.2. The largest absolute Gasteiger partial charge is 0.341 e. The zero-order chi connectivity index (χ0) is 13.2. The van der Waals surface area contributed by atoms with Crippen molar-refractivity contribution in [2.75, 3.05) is 13.1 Å². The number of carbonyl (C=O) groups excluding carboxylic acids is 4. The van der Waals surface area contributed by atoms with Gasteiger partial charge in [0.2, 0.25) is 5.91 Å². The first-order chi connectivity index (χ1) is 7.93. The van der Waals surface area contributed by atoms with E-state index < -0.39 is 23.9 Å². The smallest absolute Gasteiger partial charge is 0.332 e. The number of hydrogen-bond donors (Lipinski definition) is 1. The van der Waals surface area contributed by atoms with Crippen molar-refractivity contribution in [3.8, 4) is 0 Å². The van der Waals surface area contributed by atoms with E-state index >= 15 is 0 Å². The summed E-state index contributed by atoms with van der Waals surface area (Å²) in [6, 6.07) is -1.80. The minimum atomic E-state index is -0.991. The SMILES string of the molecule is CCN(CC)C(=O)C(C)N1C(=O)NC(=O)C1=O. The molecule has 17 heavy (non-hydrogen) atoms. The Labute approximate surface area is 98.7 Å². The Morgan fingerprint density at radius 3 is 2.18 bits per heavy atom. The molecule has 1 heterocycles. The molecule has 7 heteroatoms. The van der Waals surface area contributed by atoms with Gasteiger partial charge in [-0.2, -0.15) is 0 Å². The fraction of sp³-hybridized carbons (Fsp3) is 0.600. The monoisotopic (exact) mass is 241 g/mol. The molecule has 0 aromatic carbocycles. The molecular weight excluding hydrogens is 226 g/mol. The first kappa shape index (κ1) is 13.1. The maximum Gasteiger partial charge on any atom is 0.332 e. The van der Waals surface area contributed by atoms with Crippen molar-refractivity contribution in [1.82, 2.24) is 15.1 Å². The van der Waals surface area contributed by atoms with Gasteiger partial charge in [-0.25, -0.2) is 9.69 Å². The van der Waals surface area contributed by atoms with Gasteiger partial charge in [0.25, 0.3) is 0 Å². The van der Waals surface area contributed by atoms with Gasteiger partial charge in [-0.3, -0.25) is 19.7 Å². The number of likely N-dealkylation sites (N-methyl/N-ethyl adjacent to an activating group) is 1. The standard InChI is InChI=1S/C10H15N3O4/c1-4-12(5-2)8(15)6(3)13-9(16)7(14)11-10(13)17/h6H,4-5H2,1-3H3,(H,11,14,17). The van der Waals surface area contributed by atoms with Gasteiger partial charge in [0.05, 0.1) is 0 Å². The molecule has 94 valence electrons. The Balaban J connectivity index is 2.86. The number of nitrogens with one attached hydrogen (secondary N) is 1. The summed E-state index contributed by atoms with van der Waals surface area (Å²) in [6.45, 7) is 5.99. The van der Waals surface area contributed by atoms with Crippen LogP contribution in [0.1, 0.15) is 20.8 Å². The van der Waals surface area contributed by atoms with E-state index in [0.29, 0.717) is 18.0 Å². The maximum absolute atomic E-state index is 11.9. The third-order valence-electron chi connectivity index (χ3n) is 2.67. The lowest BCUT2D eigenvalue weighted by atomic mass is 10.2. The van der Waals surface area contributed by atoms with Gasteiger partial charge >= 0.3 is 17.8 Å². The zero-order valence-electron chi connectivity index (χ0n) is 10.0. The molecule has 1 unspecified atom stereocenters. The molecule has 7 nitrogen and oxygen atoms in total. The molecule has 1 fully saturated rings. The molecule has 0 saturated carbocycles. The van der Waals surface area contributed by atoms with E-state index in [2.05, 4.69) is 0 Å². The van der Waals surface area contributed by atoms with Crippen LogP contribution in [0.4, 0.5) is 4.79 Å². The Hall–Kier alpha value is -1.92. The first-order valence-electron chi connectivity index (χ1n) is 5.41. The highest BCUT2D eigenvalue weighted by Crippen LogP contribution is 2.09. The fourth-order valence-corrected chi connectivity index (χ4v) is 1.67. The van der Waals surface area contributed by atoms with E-state index in [9.17, 15) is 19.2 Å². The van der Waals surface area contributed by atoms with E-state index in [-0.39, 0.29) is 5.91 Å². The number of amides is 5. The van der Waals surface area contributed by atoms with Crippen molar-refractivity contribution < 1.29 is 19.2 Å². The third kappa shape index (κ3) is 2.27. The lowest BCUT2D eigenvalue weighted by molar-refractivity contribution is -0.145. The summed E-state index contributed by atoms with van der Waals surface area (Å²) in [5, 5.41) is 1.86. The number of rotatable bonds is 4. The molecule has 1 rings (SSSR count). The van der Waals surface area contributed by atoms with E-state index in [1.807, 2.05) is 5.32 Å². The Bertz CT molecular complexity index is 376. The molecule has 0 aromatic rings. The van der Waals surface area contributed by atoms with Crippen LogP contribution in [-0.4, -0.2) is 52.7 Å². The van der Waals surface area contributed by atoms with Gasteiger partial charge in [0.1, 0.15) is 6.04 Å². The molecule has 1 aliphatic heterocycles. The third-order valence-corrected chi connectivity index (χ3v) is 2.67. The highest BCUT2D eigenvalue weighted by Gasteiger charge is 2.42. The van der Waals surface area contributed by atoms with Crippen LogP contribution in [0.15, 0.2) is 0 Å². The lowest BCUT2D eigenvalue weighted by Crippen LogP contribution is -2.49. The van der Waals surface area contributed by atoms with Crippen LogP contribution in [0.25, 0.3) is 0 Å². The van der Waals surface area contributed by atoms with Crippen molar-refractivity contribution in [3.63, 3.8) is 0 Å². The summed E-state index contributed by atoms with van der Waals surface area (Å²) < 4.78 is 0. The van der Waals surface area contributed by atoms with Crippen LogP contribution >= 0.6 is 0 Å². The number of hydrogen-bond acceptors (Lipinski definition) is 4. The summed E-state index contributed by atoms with van der Waals surface area (Å²) in [4.78, 5) is 47.8. The van der Waals surface area contributed by atoms with Crippen LogP contribution in [0.2, 0.25) is 0 Å². The fourth-order valence-electron chi connectivity index (χ4n) is 1.67. The molecule has 1 saturated heterocycles. The molecule has 0 bridgehead atoms. The predicted octanol–water partition coefficient (Wildman–Crippen LogP) is -0.678. The Kier molecular flexibility index (Phi) is 3.82. The van der Waals surface area contributed by atoms with Gasteiger partial charge in [-0.15, -0.1) is 0 Å². The minimum Gasteiger partial charge on any atom is -0.341 e. The topological polar surface area (TPSA) is 86.8 Å². The average molecular weight is 241 g/mol. The minimum absolute atomic E-state index is 0.354. The maximum atomic E-state index is 11.9. The summed E-state index contributed by atoms with van der Waals surface area (Å²) in [7, 11) is 0. The second-order valence-electron chi connectivity index (χ2n) is 3.62. The van der Waals surface area contributed by atoms with Crippen molar-refractivity contribution in [2.45, 2.75) is 26.8 Å². The van der Waals surface area contributed by atoms with Crippen LogP contribution in [0, 0.1) is 0 Å². The molecule has 0 aliphatic carbocycles. The van der Waals surface area contributed by atoms with Gasteiger partial charge in [0, 0.05) is 13.1 Å². The molecule has 1 N–H and O–H groups in total. The van der Waals surface area contributed by atoms with Crippen LogP contribution < -0.4 is 5.32 Å². The van der Waals surface area contributed by atoms with Crippen LogP contribution in [0.5, 0.6) is 0 Å². The van der Waals surface area contributed by atoms with Gasteiger partial charge < -0.3 is 4.90 Å². The highest BCUT2D eigenvalue weighted by molar-refractivity contribution is 6.45. The quantitative estimate of drug-likeness (QED) is 0.522. The van der Waals surface area contributed by atoms with Crippen molar-refractivity contribution >= 4 is 23.8 Å². The number of nitrogens with zero attached hydrogens (tertiary/aromatic N) is 2. The molecule has 1 atom stereocenters. The summed E-state index contributed by atoms with van der Waals surface area (Å²) in [5.41, 5.74) is 0. The van der Waals surface area contributed by atoms with Gasteiger partial charge in [-0.05, 0) is 20.8 Å². The first-order valence-corrected chi connectivity index (χ1v) is 5.41. The van der Waals surface area contributed by atoms with Crippen molar-refractivity contribution in [1.29, 1.82) is 0 Å². The predicted molar refractivity (Wildman–Crippen MR) is 57.8 cm³/mol. The summed E-state index contributed by atoms with van der Waals surface area (Å²) in [5.74, 6) is -2.33. The second kappa shape index (κ2) is 4.94. The molecule has 1 aliphatic rings. The van der Waals surface area contributed by atoms with Crippen LogP contribution in [0.3, 0.4) is 0 Å². The van der Waals surface area contributed by atoms with Crippen molar-refractivity contribution in [2.24, 2.45) is 0 Å². The van der Waals surface area contributed by atoms with E-state index in [1.54, 1.807) is 13.8 Å². The zero-order valence-corrected chi connectivity index (χ0v) is 10.0. The van der Waals surface area contributed by atoms with Crippen molar-refractivity contribution in [3.05, 3.63) is 0 Å². The second-order valence-corrected chi connectivity index (χ2v) is 3.62. The van der Waals surface area contributed by atoms with Gasteiger partial charge in [0.15, 0.2) is 0 Å². The normalized spacial score (nSPS) is 17.1. The van der Waals surface area contributed by atoms with Gasteiger partial charge in [-0.1, -0.05) is 0 Å². The molecule has 5 amide bonds. The lowest BCUT2D eigenvalue weighted by Gasteiger charge is -2.26. The Morgan fingerprint density at radius 1 is 1.29 bits per heavy atom. The van der Waals surface area contributed by atoms with Crippen LogP contribution in [-0.2, 0) is 14.4 Å². The average Bonchev–Trinajstić information content (AvgIpc) is 2.54. The van der Waals surface area contributed by atoms with E-state index in [1.165, 1.54) is 11.8 Å². The number of urea groups is 1.